The molecule has 5 heteroatoms. The van der Waals surface area contributed by atoms with Crippen LogP contribution in [0.1, 0.15) is 102 Å². The van der Waals surface area contributed by atoms with Crippen LogP contribution in [0.3, 0.4) is 0 Å². The van der Waals surface area contributed by atoms with Crippen molar-refractivity contribution < 1.29 is 24.1 Å². The van der Waals surface area contributed by atoms with Gasteiger partial charge in [-0.3, -0.25) is 4.79 Å². The van der Waals surface area contributed by atoms with Crippen molar-refractivity contribution in [2.24, 2.45) is 0 Å². The zero-order chi connectivity index (χ0) is 24.9. The lowest BCUT2D eigenvalue weighted by molar-refractivity contribution is -0.142. The summed E-state index contributed by atoms with van der Waals surface area (Å²) in [6, 6.07) is 3.39. The van der Waals surface area contributed by atoms with Crippen LogP contribution in [0.25, 0.3) is 6.08 Å². The van der Waals surface area contributed by atoms with Gasteiger partial charge in [-0.1, -0.05) is 76.5 Å². The number of carbonyl (C=O) groups is 1. The molecule has 1 N–H and O–H groups in total. The molecule has 0 saturated carbocycles. The molecule has 0 aliphatic heterocycles. The summed E-state index contributed by atoms with van der Waals surface area (Å²) < 4.78 is 15.6. The average Bonchev–Trinajstić information content (AvgIpc) is 2.84. The van der Waals surface area contributed by atoms with Gasteiger partial charge in [-0.15, -0.1) is 0 Å². The van der Waals surface area contributed by atoms with Gasteiger partial charge in [0.2, 0.25) is 5.75 Å². The van der Waals surface area contributed by atoms with Gasteiger partial charge in [-0.2, -0.15) is 0 Å². The Morgan fingerprint density at radius 2 is 1.32 bits per heavy atom. The highest BCUT2D eigenvalue weighted by Gasteiger charge is 2.09. The summed E-state index contributed by atoms with van der Waals surface area (Å²) in [4.78, 5) is 11.9. The van der Waals surface area contributed by atoms with Crippen molar-refractivity contribution in [2.45, 2.75) is 96.8 Å². The number of aromatic hydroxyl groups is 1. The molecule has 0 atom stereocenters. The van der Waals surface area contributed by atoms with Crippen molar-refractivity contribution in [1.29, 1.82) is 0 Å². The first-order chi connectivity index (χ1) is 16.6. The number of phenols is 1. The Morgan fingerprint density at radius 3 is 1.88 bits per heavy atom. The summed E-state index contributed by atoms with van der Waals surface area (Å²) in [6.45, 7) is 2.48. The zero-order valence-electron chi connectivity index (χ0n) is 21.7. The van der Waals surface area contributed by atoms with Crippen LogP contribution in [0.2, 0.25) is 0 Å². The van der Waals surface area contributed by atoms with E-state index in [2.05, 4.69) is 19.1 Å². The maximum atomic E-state index is 11.9. The molecule has 0 aliphatic carbocycles. The second-order valence-electron chi connectivity index (χ2n) is 8.69. The third-order valence-corrected chi connectivity index (χ3v) is 5.80. The minimum Gasteiger partial charge on any atom is -0.502 e. The van der Waals surface area contributed by atoms with Crippen molar-refractivity contribution in [3.63, 3.8) is 0 Å². The van der Waals surface area contributed by atoms with E-state index < -0.39 is 0 Å². The molecular weight excluding hydrogens is 428 g/mol. The number of ether oxygens (including phenoxy) is 3. The summed E-state index contributed by atoms with van der Waals surface area (Å²) in [6.07, 6.45) is 24.8. The Morgan fingerprint density at radius 1 is 0.794 bits per heavy atom. The molecule has 1 aromatic rings. The predicted octanol–water partition coefficient (Wildman–Crippen LogP) is 8.00. The lowest BCUT2D eigenvalue weighted by atomic mass is 10.1. The van der Waals surface area contributed by atoms with Crippen LogP contribution in [0.5, 0.6) is 17.2 Å². The number of unbranched alkanes of at least 4 members (excludes halogenated alkanes) is 11. The summed E-state index contributed by atoms with van der Waals surface area (Å²) >= 11 is 0. The lowest BCUT2D eigenvalue weighted by Crippen LogP contribution is -2.03. The van der Waals surface area contributed by atoms with Gasteiger partial charge < -0.3 is 19.3 Å². The number of hydrogen-bond donors (Lipinski definition) is 1. The molecule has 0 spiro atoms. The second kappa shape index (κ2) is 20.0. The molecule has 0 amide bonds. The summed E-state index contributed by atoms with van der Waals surface area (Å²) in [5, 5.41) is 9.94. The van der Waals surface area contributed by atoms with Gasteiger partial charge in [-0.25, -0.2) is 0 Å². The molecular formula is C29H46O5. The smallest absolute Gasteiger partial charge is 0.306 e. The maximum absolute atomic E-state index is 11.9. The van der Waals surface area contributed by atoms with Gasteiger partial charge in [0.15, 0.2) is 11.5 Å². The number of rotatable bonds is 20. The van der Waals surface area contributed by atoms with Crippen LogP contribution in [0.4, 0.5) is 0 Å². The highest BCUT2D eigenvalue weighted by molar-refractivity contribution is 5.69. The number of esters is 1. The predicted molar refractivity (Wildman–Crippen MR) is 141 cm³/mol. The number of benzene rings is 1. The fraction of sp³-hybridized carbons (Fsp3) is 0.621. The maximum Gasteiger partial charge on any atom is 0.306 e. The Hall–Kier alpha value is -2.43. The van der Waals surface area contributed by atoms with E-state index in [1.807, 2.05) is 0 Å². The molecule has 0 unspecified atom stereocenters. The lowest BCUT2D eigenvalue weighted by Gasteiger charge is -2.09. The van der Waals surface area contributed by atoms with Crippen LogP contribution in [-0.2, 0) is 9.53 Å². The average molecular weight is 475 g/mol. The molecule has 0 heterocycles. The molecule has 5 nitrogen and oxygen atoms in total. The fourth-order valence-corrected chi connectivity index (χ4v) is 3.75. The number of phenolic OH excluding ortho intramolecular Hbond substituents is 1. The first-order valence-electron chi connectivity index (χ1n) is 13.0. The SMILES string of the molecule is CCCCCCCC/C=C\CCCCCCCC(=O)OC/C=C/c1cc(OC)c(O)c(OC)c1. The fourth-order valence-electron chi connectivity index (χ4n) is 3.75. The van der Waals surface area contributed by atoms with Gasteiger partial charge in [0, 0.05) is 6.42 Å². The molecule has 34 heavy (non-hydrogen) atoms. The molecule has 0 aliphatic rings. The third-order valence-electron chi connectivity index (χ3n) is 5.80. The number of methoxy groups -OCH3 is 2. The van der Waals surface area contributed by atoms with Crippen molar-refractivity contribution in [3.05, 3.63) is 35.9 Å². The van der Waals surface area contributed by atoms with E-state index in [0.717, 1.165) is 18.4 Å². The minimum absolute atomic E-state index is 0.0338. The van der Waals surface area contributed by atoms with Crippen LogP contribution in [0.15, 0.2) is 30.4 Å². The summed E-state index contributed by atoms with van der Waals surface area (Å²) in [7, 11) is 2.97. The number of allylic oxidation sites excluding steroid dienone is 2. The van der Waals surface area contributed by atoms with Crippen LogP contribution >= 0.6 is 0 Å². The molecule has 0 radical (unpaired) electrons. The van der Waals surface area contributed by atoms with Gasteiger partial charge >= 0.3 is 5.97 Å². The number of carbonyl (C=O) groups excluding carboxylic acids is 1. The first-order valence-corrected chi connectivity index (χ1v) is 13.0. The van der Waals surface area contributed by atoms with Crippen LogP contribution in [-0.4, -0.2) is 31.9 Å². The van der Waals surface area contributed by atoms with E-state index in [9.17, 15) is 9.90 Å². The zero-order valence-corrected chi connectivity index (χ0v) is 21.7. The second-order valence-corrected chi connectivity index (χ2v) is 8.69. The van der Waals surface area contributed by atoms with Gasteiger partial charge in [0.25, 0.3) is 0 Å². The molecule has 0 bridgehead atoms. The van der Waals surface area contributed by atoms with E-state index in [4.69, 9.17) is 14.2 Å². The summed E-state index contributed by atoms with van der Waals surface area (Å²) in [5.74, 6) is 0.469. The Labute approximate surface area is 207 Å². The van der Waals surface area contributed by atoms with Crippen molar-refractivity contribution >= 4 is 12.0 Å². The summed E-state index contributed by atoms with van der Waals surface area (Å²) in [5.41, 5.74) is 0.791. The minimum atomic E-state index is -0.164. The van der Waals surface area contributed by atoms with Crippen molar-refractivity contribution in [2.75, 3.05) is 20.8 Å². The molecule has 192 valence electrons. The van der Waals surface area contributed by atoms with E-state index in [1.54, 1.807) is 24.3 Å². The van der Waals surface area contributed by atoms with Gasteiger partial charge in [0.05, 0.1) is 14.2 Å². The van der Waals surface area contributed by atoms with Gasteiger partial charge in [0.1, 0.15) is 6.61 Å². The molecule has 1 aromatic carbocycles. The Bertz CT molecular complexity index is 698. The quantitative estimate of drug-likeness (QED) is 0.118. The molecule has 0 fully saturated rings. The standard InChI is InChI=1S/C29H46O5/c1-4-5-6-7-8-9-10-11-12-13-14-15-16-17-18-21-28(30)34-22-19-20-25-23-26(32-2)29(31)27(24-25)33-3/h11-12,19-20,23-24,31H,4-10,13-18,21-22H2,1-3H3/b12-11-,20-19+. The molecule has 1 rings (SSSR count). The molecule has 0 aromatic heterocycles. The van der Waals surface area contributed by atoms with Crippen molar-refractivity contribution in [3.8, 4) is 17.2 Å². The Kier molecular flexibility index (Phi) is 17.4. The molecule has 0 saturated heterocycles. The van der Waals surface area contributed by atoms with Crippen molar-refractivity contribution in [1.82, 2.24) is 0 Å². The highest BCUT2D eigenvalue weighted by atomic mass is 16.5. The van der Waals surface area contributed by atoms with Gasteiger partial charge in [-0.05, 0) is 55.9 Å². The van der Waals surface area contributed by atoms with Crippen LogP contribution < -0.4 is 9.47 Å². The van der Waals surface area contributed by atoms with E-state index in [1.165, 1.54) is 84.8 Å². The third kappa shape index (κ3) is 14.0. The largest absolute Gasteiger partial charge is 0.502 e. The van der Waals surface area contributed by atoms with E-state index in [0.29, 0.717) is 17.9 Å². The Balaban J connectivity index is 2.03. The highest BCUT2D eigenvalue weighted by Crippen LogP contribution is 2.37. The normalized spacial score (nSPS) is 11.4. The van der Waals surface area contributed by atoms with E-state index >= 15 is 0 Å². The first kappa shape index (κ1) is 29.6. The number of hydrogen-bond acceptors (Lipinski definition) is 5. The monoisotopic (exact) mass is 474 g/mol. The van der Waals surface area contributed by atoms with E-state index in [-0.39, 0.29) is 18.3 Å². The van der Waals surface area contributed by atoms with Crippen LogP contribution in [0, 0.1) is 0 Å². The topological polar surface area (TPSA) is 65.0 Å².